The summed E-state index contributed by atoms with van der Waals surface area (Å²) in [7, 11) is 0. The van der Waals surface area contributed by atoms with Crippen LogP contribution >= 0.6 is 11.8 Å². The third-order valence-electron chi connectivity index (χ3n) is 3.74. The summed E-state index contributed by atoms with van der Waals surface area (Å²) in [6, 6.07) is 20.0. The van der Waals surface area contributed by atoms with E-state index < -0.39 is 0 Å². The Morgan fingerprint density at radius 1 is 1.08 bits per heavy atom. The number of hydrogen-bond acceptors (Lipinski definition) is 5. The monoisotopic (exact) mass is 335 g/mol. The summed E-state index contributed by atoms with van der Waals surface area (Å²) in [4.78, 5) is 0. The topological polar surface area (TPSA) is 62.7 Å². The van der Waals surface area contributed by atoms with Crippen LogP contribution in [0.1, 0.15) is 35.4 Å². The van der Waals surface area contributed by atoms with Crippen LogP contribution < -0.4 is 0 Å². The van der Waals surface area contributed by atoms with Crippen molar-refractivity contribution in [2.75, 3.05) is 0 Å². The van der Waals surface area contributed by atoms with Crippen molar-refractivity contribution in [3.05, 3.63) is 77.2 Å². The number of thioether (sulfide) groups is 1. The summed E-state index contributed by atoms with van der Waals surface area (Å²) >= 11 is 1.51. The number of aromatic nitrogens is 2. The standard InChI is InChI=1S/C19H17N3OS/c1-14(17-5-3-2-4-6-17)11-18-21-22-19(23-18)24-13-16-9-7-15(12-20)8-10-16/h2-10,14H,11,13H2,1H3. The minimum absolute atomic E-state index is 0.336. The average molecular weight is 335 g/mol. The maximum atomic E-state index is 8.80. The van der Waals surface area contributed by atoms with Gasteiger partial charge in [-0.1, -0.05) is 61.2 Å². The van der Waals surface area contributed by atoms with Gasteiger partial charge in [0.1, 0.15) is 0 Å². The fourth-order valence-corrected chi connectivity index (χ4v) is 3.10. The number of rotatable bonds is 6. The van der Waals surface area contributed by atoms with Gasteiger partial charge in [-0.05, 0) is 29.2 Å². The number of hydrogen-bond donors (Lipinski definition) is 0. The van der Waals surface area contributed by atoms with E-state index in [0.29, 0.717) is 22.6 Å². The molecule has 0 bridgehead atoms. The maximum Gasteiger partial charge on any atom is 0.276 e. The zero-order valence-electron chi connectivity index (χ0n) is 13.3. The van der Waals surface area contributed by atoms with Crippen LogP contribution in [-0.2, 0) is 12.2 Å². The van der Waals surface area contributed by atoms with Gasteiger partial charge < -0.3 is 4.42 Å². The molecule has 120 valence electrons. The van der Waals surface area contributed by atoms with Gasteiger partial charge in [-0.25, -0.2) is 0 Å². The molecule has 3 aromatic rings. The van der Waals surface area contributed by atoms with Gasteiger partial charge >= 0.3 is 0 Å². The normalized spacial score (nSPS) is 11.8. The Bertz CT molecular complexity index is 822. The van der Waals surface area contributed by atoms with Crippen LogP contribution in [-0.4, -0.2) is 10.2 Å². The fraction of sp³-hybridized carbons (Fsp3) is 0.211. The van der Waals surface area contributed by atoms with Gasteiger partial charge in [0, 0.05) is 12.2 Å². The van der Waals surface area contributed by atoms with E-state index in [0.717, 1.165) is 17.7 Å². The van der Waals surface area contributed by atoms with Crippen LogP contribution in [0.2, 0.25) is 0 Å². The fourth-order valence-electron chi connectivity index (χ4n) is 2.36. The minimum atomic E-state index is 0.336. The third kappa shape index (κ3) is 4.24. The predicted molar refractivity (Wildman–Crippen MR) is 93.6 cm³/mol. The van der Waals surface area contributed by atoms with Gasteiger partial charge in [0.15, 0.2) is 0 Å². The number of benzene rings is 2. The molecule has 0 radical (unpaired) electrons. The summed E-state index contributed by atoms with van der Waals surface area (Å²) in [5.41, 5.74) is 3.05. The molecule has 1 heterocycles. The molecule has 0 aliphatic heterocycles. The molecule has 0 saturated heterocycles. The SMILES string of the molecule is CC(Cc1nnc(SCc2ccc(C#N)cc2)o1)c1ccccc1. The average Bonchev–Trinajstić information content (AvgIpc) is 3.08. The van der Waals surface area contributed by atoms with E-state index in [-0.39, 0.29) is 0 Å². The van der Waals surface area contributed by atoms with E-state index in [1.54, 1.807) is 0 Å². The molecule has 0 spiro atoms. The first-order valence-corrected chi connectivity index (χ1v) is 8.72. The lowest BCUT2D eigenvalue weighted by Gasteiger charge is -2.08. The van der Waals surface area contributed by atoms with Crippen LogP contribution in [0.25, 0.3) is 0 Å². The van der Waals surface area contributed by atoms with Gasteiger partial charge in [-0.3, -0.25) is 0 Å². The smallest absolute Gasteiger partial charge is 0.276 e. The lowest BCUT2D eigenvalue weighted by atomic mass is 9.98. The lowest BCUT2D eigenvalue weighted by Crippen LogP contribution is -1.98. The van der Waals surface area contributed by atoms with Crippen LogP contribution in [0.3, 0.4) is 0 Å². The van der Waals surface area contributed by atoms with Crippen LogP contribution in [0.5, 0.6) is 0 Å². The summed E-state index contributed by atoms with van der Waals surface area (Å²) in [6.07, 6.45) is 0.731. The molecule has 24 heavy (non-hydrogen) atoms. The van der Waals surface area contributed by atoms with Gasteiger partial charge in [0.25, 0.3) is 5.22 Å². The molecule has 4 nitrogen and oxygen atoms in total. The van der Waals surface area contributed by atoms with Gasteiger partial charge in [-0.2, -0.15) is 5.26 Å². The highest BCUT2D eigenvalue weighted by atomic mass is 32.2. The molecule has 0 aliphatic rings. The molecule has 2 aromatic carbocycles. The Morgan fingerprint density at radius 2 is 1.83 bits per heavy atom. The summed E-state index contributed by atoms with van der Waals surface area (Å²) in [6.45, 7) is 2.16. The van der Waals surface area contributed by atoms with Crippen LogP contribution in [0.15, 0.2) is 64.2 Å². The minimum Gasteiger partial charge on any atom is -0.416 e. The molecule has 3 rings (SSSR count). The molecule has 0 fully saturated rings. The predicted octanol–water partition coefficient (Wildman–Crippen LogP) is 4.58. The van der Waals surface area contributed by atoms with Crippen LogP contribution in [0, 0.1) is 11.3 Å². The second kappa shape index (κ2) is 7.80. The summed E-state index contributed by atoms with van der Waals surface area (Å²) in [5.74, 6) is 1.73. The first-order chi connectivity index (χ1) is 11.7. The lowest BCUT2D eigenvalue weighted by molar-refractivity contribution is 0.404. The van der Waals surface area contributed by atoms with Crippen molar-refractivity contribution in [2.45, 2.75) is 30.2 Å². The summed E-state index contributed by atoms with van der Waals surface area (Å²) in [5, 5.41) is 17.6. The summed E-state index contributed by atoms with van der Waals surface area (Å²) < 4.78 is 5.73. The molecular weight excluding hydrogens is 318 g/mol. The molecule has 1 aromatic heterocycles. The van der Waals surface area contributed by atoms with Crippen molar-refractivity contribution >= 4 is 11.8 Å². The second-order valence-electron chi connectivity index (χ2n) is 5.57. The largest absolute Gasteiger partial charge is 0.416 e. The quantitative estimate of drug-likeness (QED) is 0.617. The second-order valence-corrected chi connectivity index (χ2v) is 6.50. The van der Waals surface area contributed by atoms with E-state index >= 15 is 0 Å². The third-order valence-corrected chi connectivity index (χ3v) is 4.63. The van der Waals surface area contributed by atoms with Gasteiger partial charge in [0.05, 0.1) is 11.6 Å². The van der Waals surface area contributed by atoms with Crippen LogP contribution in [0.4, 0.5) is 0 Å². The van der Waals surface area contributed by atoms with Gasteiger partial charge in [-0.15, -0.1) is 10.2 Å². The molecular formula is C19H17N3OS. The van der Waals surface area contributed by atoms with E-state index in [2.05, 4.69) is 35.3 Å². The van der Waals surface area contributed by atoms with Crippen molar-refractivity contribution in [2.24, 2.45) is 0 Å². The Morgan fingerprint density at radius 3 is 2.54 bits per heavy atom. The molecule has 1 atom stereocenters. The first-order valence-electron chi connectivity index (χ1n) is 7.74. The van der Waals surface area contributed by atoms with Crippen molar-refractivity contribution in [3.8, 4) is 6.07 Å². The maximum absolute atomic E-state index is 8.80. The molecule has 0 saturated carbocycles. The van der Waals surface area contributed by atoms with Gasteiger partial charge in [0.2, 0.25) is 5.89 Å². The number of nitriles is 1. The molecule has 5 heteroatoms. The van der Waals surface area contributed by atoms with Crippen molar-refractivity contribution in [1.82, 2.24) is 10.2 Å². The van der Waals surface area contributed by atoms with Crippen molar-refractivity contribution in [3.63, 3.8) is 0 Å². The highest BCUT2D eigenvalue weighted by Gasteiger charge is 2.12. The molecule has 1 unspecified atom stereocenters. The number of nitrogens with zero attached hydrogens (tertiary/aromatic N) is 3. The Balaban J connectivity index is 1.56. The van der Waals surface area contributed by atoms with Crippen molar-refractivity contribution < 1.29 is 4.42 Å². The Labute approximate surface area is 145 Å². The highest BCUT2D eigenvalue weighted by Crippen LogP contribution is 2.24. The van der Waals surface area contributed by atoms with E-state index in [1.165, 1.54) is 17.3 Å². The zero-order valence-corrected chi connectivity index (χ0v) is 14.2. The van der Waals surface area contributed by atoms with E-state index in [4.69, 9.17) is 9.68 Å². The van der Waals surface area contributed by atoms with Crippen molar-refractivity contribution in [1.29, 1.82) is 5.26 Å². The van der Waals surface area contributed by atoms with E-state index in [1.807, 2.05) is 42.5 Å². The zero-order chi connectivity index (χ0) is 16.8. The molecule has 0 N–H and O–H groups in total. The highest BCUT2D eigenvalue weighted by molar-refractivity contribution is 7.98. The molecule has 0 amide bonds. The van der Waals surface area contributed by atoms with E-state index in [9.17, 15) is 0 Å². The Kier molecular flexibility index (Phi) is 5.29. The first kappa shape index (κ1) is 16.3. The Hall–Kier alpha value is -2.58. The molecule has 0 aliphatic carbocycles.